The van der Waals surface area contributed by atoms with Gasteiger partial charge in [0.05, 0.1) is 11.3 Å². The molecule has 0 fully saturated rings. The van der Waals surface area contributed by atoms with Crippen LogP contribution in [0.4, 0.5) is 0 Å². The summed E-state index contributed by atoms with van der Waals surface area (Å²) in [4.78, 5) is 0. The molecule has 0 amide bonds. The molecule has 0 N–H and O–H groups in total. The molecule has 4 heteroatoms. The summed E-state index contributed by atoms with van der Waals surface area (Å²) in [6.07, 6.45) is 1.21. The number of hydrogen-bond donors (Lipinski definition) is 0. The summed E-state index contributed by atoms with van der Waals surface area (Å²) in [7, 11) is 0. The molecule has 12 heavy (non-hydrogen) atoms. The van der Waals surface area contributed by atoms with Gasteiger partial charge >= 0.3 is 0 Å². The van der Waals surface area contributed by atoms with Gasteiger partial charge in [0, 0.05) is 11.4 Å². The number of allylic oxidation sites excluding steroid dienone is 2. The maximum atomic E-state index is 10.7. The van der Waals surface area contributed by atoms with E-state index in [1.807, 2.05) is 13.8 Å². The lowest BCUT2D eigenvalue weighted by Crippen LogP contribution is -2.22. The first-order valence-electron chi connectivity index (χ1n) is 3.79. The largest absolute Gasteiger partial charge is 0.755 e. The Bertz CT molecular complexity index is 197. The van der Waals surface area contributed by atoms with Crippen LogP contribution in [0.1, 0.15) is 26.7 Å². The summed E-state index contributed by atoms with van der Waals surface area (Å²) in [5.74, 6) is 0. The van der Waals surface area contributed by atoms with E-state index in [4.69, 9.17) is 0 Å². The van der Waals surface area contributed by atoms with Gasteiger partial charge in [-0.25, -0.2) is 0 Å². The first-order chi connectivity index (χ1) is 5.54. The summed E-state index contributed by atoms with van der Waals surface area (Å²) >= 11 is -2.28. The van der Waals surface area contributed by atoms with E-state index in [1.165, 1.54) is 0 Å². The molecule has 0 aliphatic heterocycles. The van der Waals surface area contributed by atoms with Crippen LogP contribution >= 0.6 is 0 Å². The van der Waals surface area contributed by atoms with Crippen LogP contribution < -0.4 is 0 Å². The van der Waals surface area contributed by atoms with Crippen molar-refractivity contribution in [1.82, 2.24) is 4.31 Å². The summed E-state index contributed by atoms with van der Waals surface area (Å²) < 4.78 is 22.5. The van der Waals surface area contributed by atoms with Gasteiger partial charge in [-0.3, -0.25) is 8.51 Å². The summed E-state index contributed by atoms with van der Waals surface area (Å²) in [5, 5.41) is 0. The van der Waals surface area contributed by atoms with E-state index in [2.05, 4.69) is 13.2 Å². The first-order valence-corrected chi connectivity index (χ1v) is 4.82. The standard InChI is InChI=1S/C8H15NO2S/c1-5-7(3)9(12(10)11)8(4)6-2/h3-6H2,1-2H3,(H,10,11)/p-1. The number of hydrogen-bond acceptors (Lipinski definition) is 2. The van der Waals surface area contributed by atoms with Gasteiger partial charge in [0.15, 0.2) is 0 Å². The SMILES string of the molecule is C=C(CC)N(C(=C)CC)S(=O)[O-]. The van der Waals surface area contributed by atoms with Gasteiger partial charge in [0.25, 0.3) is 0 Å². The second-order valence-corrected chi connectivity index (χ2v) is 3.15. The molecule has 0 heterocycles. The highest BCUT2D eigenvalue weighted by molar-refractivity contribution is 7.76. The topological polar surface area (TPSA) is 43.4 Å². The molecule has 0 aromatic heterocycles. The lowest BCUT2D eigenvalue weighted by molar-refractivity contribution is 0.467. The zero-order valence-corrected chi connectivity index (χ0v) is 8.32. The van der Waals surface area contributed by atoms with Gasteiger partial charge in [-0.1, -0.05) is 27.0 Å². The molecular weight excluding hydrogens is 174 g/mol. The Kier molecular flexibility index (Phi) is 4.85. The molecule has 70 valence electrons. The Hall–Kier alpha value is -0.610. The second-order valence-electron chi connectivity index (χ2n) is 2.35. The Morgan fingerprint density at radius 3 is 1.83 bits per heavy atom. The minimum absolute atomic E-state index is 0.551. The highest BCUT2D eigenvalue weighted by Crippen LogP contribution is 2.16. The predicted octanol–water partition coefficient (Wildman–Crippen LogP) is 1.93. The first kappa shape index (κ1) is 11.4. The van der Waals surface area contributed by atoms with E-state index in [0.717, 1.165) is 4.31 Å². The fourth-order valence-electron chi connectivity index (χ4n) is 0.722. The second kappa shape index (κ2) is 5.11. The van der Waals surface area contributed by atoms with E-state index in [0.29, 0.717) is 24.2 Å². The minimum Gasteiger partial charge on any atom is -0.755 e. The van der Waals surface area contributed by atoms with Crippen molar-refractivity contribution in [3.05, 3.63) is 24.6 Å². The fraction of sp³-hybridized carbons (Fsp3) is 0.500. The molecule has 0 saturated heterocycles. The quantitative estimate of drug-likeness (QED) is 0.619. The van der Waals surface area contributed by atoms with Crippen molar-refractivity contribution in [3.8, 4) is 0 Å². The van der Waals surface area contributed by atoms with Crippen molar-refractivity contribution in [2.45, 2.75) is 26.7 Å². The zero-order valence-electron chi connectivity index (χ0n) is 7.50. The molecule has 0 aliphatic rings. The van der Waals surface area contributed by atoms with Crippen LogP contribution in [-0.4, -0.2) is 13.1 Å². The maximum absolute atomic E-state index is 10.7. The molecule has 0 aromatic carbocycles. The van der Waals surface area contributed by atoms with Crippen LogP contribution in [0.3, 0.4) is 0 Å². The van der Waals surface area contributed by atoms with Gasteiger partial charge in [0.1, 0.15) is 0 Å². The Balaban J connectivity index is 4.55. The number of rotatable bonds is 5. The Labute approximate surface area is 76.2 Å². The van der Waals surface area contributed by atoms with Crippen LogP contribution in [0.2, 0.25) is 0 Å². The van der Waals surface area contributed by atoms with Crippen LogP contribution in [0.5, 0.6) is 0 Å². The van der Waals surface area contributed by atoms with Gasteiger partial charge in [-0.05, 0) is 12.8 Å². The fourth-order valence-corrected chi connectivity index (χ4v) is 1.40. The van der Waals surface area contributed by atoms with E-state index in [1.54, 1.807) is 0 Å². The minimum atomic E-state index is -2.28. The molecule has 0 radical (unpaired) electrons. The van der Waals surface area contributed by atoms with Crippen molar-refractivity contribution in [2.24, 2.45) is 0 Å². The van der Waals surface area contributed by atoms with Gasteiger partial charge in [-0.2, -0.15) is 0 Å². The smallest absolute Gasteiger partial charge is 0.0516 e. The molecule has 0 aromatic rings. The highest BCUT2D eigenvalue weighted by Gasteiger charge is 2.08. The monoisotopic (exact) mass is 188 g/mol. The van der Waals surface area contributed by atoms with Crippen LogP contribution in [0.15, 0.2) is 24.6 Å². The summed E-state index contributed by atoms with van der Waals surface area (Å²) in [6.45, 7) is 11.0. The third kappa shape index (κ3) is 2.79. The molecule has 0 rings (SSSR count). The average molecular weight is 188 g/mol. The Morgan fingerprint density at radius 2 is 1.67 bits per heavy atom. The highest BCUT2D eigenvalue weighted by atomic mass is 32.2. The van der Waals surface area contributed by atoms with Gasteiger partial charge < -0.3 is 4.55 Å². The van der Waals surface area contributed by atoms with Crippen LogP contribution in [0.25, 0.3) is 0 Å². The predicted molar refractivity (Wildman–Crippen MR) is 49.6 cm³/mol. The summed E-state index contributed by atoms with van der Waals surface area (Å²) in [5.41, 5.74) is 1.10. The van der Waals surface area contributed by atoms with Crippen molar-refractivity contribution in [3.63, 3.8) is 0 Å². The lowest BCUT2D eigenvalue weighted by Gasteiger charge is -2.28. The molecule has 1 atom stereocenters. The zero-order chi connectivity index (χ0) is 9.72. The normalized spacial score (nSPS) is 12.2. The molecule has 1 unspecified atom stereocenters. The molecule has 3 nitrogen and oxygen atoms in total. The Morgan fingerprint density at radius 1 is 1.33 bits per heavy atom. The third-order valence-corrected chi connectivity index (χ3v) is 2.35. The van der Waals surface area contributed by atoms with Crippen molar-refractivity contribution >= 4 is 11.3 Å². The van der Waals surface area contributed by atoms with Crippen molar-refractivity contribution in [2.75, 3.05) is 0 Å². The van der Waals surface area contributed by atoms with Crippen molar-refractivity contribution in [1.29, 1.82) is 0 Å². The van der Waals surface area contributed by atoms with E-state index < -0.39 is 11.3 Å². The average Bonchev–Trinajstić information content (AvgIpc) is 2.03. The van der Waals surface area contributed by atoms with Gasteiger partial charge in [-0.15, -0.1) is 0 Å². The maximum Gasteiger partial charge on any atom is 0.0516 e. The van der Waals surface area contributed by atoms with Crippen LogP contribution in [-0.2, 0) is 11.3 Å². The van der Waals surface area contributed by atoms with Crippen LogP contribution in [0, 0.1) is 0 Å². The molecular formula is C8H14NO2S-. The van der Waals surface area contributed by atoms with Crippen molar-refractivity contribution < 1.29 is 8.76 Å². The van der Waals surface area contributed by atoms with E-state index >= 15 is 0 Å². The van der Waals surface area contributed by atoms with E-state index in [-0.39, 0.29) is 0 Å². The lowest BCUT2D eigenvalue weighted by atomic mass is 10.3. The van der Waals surface area contributed by atoms with Gasteiger partial charge in [0.2, 0.25) is 0 Å². The summed E-state index contributed by atoms with van der Waals surface area (Å²) in [6, 6.07) is 0. The molecule has 0 saturated carbocycles. The molecule has 0 bridgehead atoms. The number of nitrogens with zero attached hydrogens (tertiary/aromatic N) is 1. The third-order valence-electron chi connectivity index (χ3n) is 1.54. The van der Waals surface area contributed by atoms with E-state index in [9.17, 15) is 8.76 Å². The molecule has 0 aliphatic carbocycles. The molecule has 0 spiro atoms.